The molecule has 1 amide bonds. The predicted octanol–water partition coefficient (Wildman–Crippen LogP) is 3.95. The molecule has 1 atom stereocenters. The van der Waals surface area contributed by atoms with Crippen molar-refractivity contribution in [3.8, 4) is 0 Å². The third-order valence-electron chi connectivity index (χ3n) is 2.79. The number of carbonyl (C=O) groups excluding carboxylic acids is 1. The molecular weight excluding hydrogens is 335 g/mol. The van der Waals surface area contributed by atoms with Crippen molar-refractivity contribution in [1.82, 2.24) is 0 Å². The number of amides is 1. The van der Waals surface area contributed by atoms with E-state index in [2.05, 4.69) is 28.2 Å². The van der Waals surface area contributed by atoms with E-state index in [1.807, 2.05) is 0 Å². The third-order valence-corrected chi connectivity index (χ3v) is 3.72. The van der Waals surface area contributed by atoms with Gasteiger partial charge in [-0.05, 0) is 53.4 Å². The second kappa shape index (κ2) is 7.82. The molecule has 6 heteroatoms. The van der Waals surface area contributed by atoms with Crippen molar-refractivity contribution in [3.05, 3.63) is 27.4 Å². The van der Waals surface area contributed by atoms with Crippen LogP contribution in [0.4, 0.5) is 10.1 Å². The summed E-state index contributed by atoms with van der Waals surface area (Å²) >= 11 is 9.07. The van der Waals surface area contributed by atoms with Gasteiger partial charge in [0.25, 0.3) is 0 Å². The highest BCUT2D eigenvalue weighted by Crippen LogP contribution is 2.31. The van der Waals surface area contributed by atoms with Crippen LogP contribution in [-0.4, -0.2) is 12.5 Å². The summed E-state index contributed by atoms with van der Waals surface area (Å²) < 4.78 is 13.5. The zero-order valence-electron chi connectivity index (χ0n) is 10.7. The summed E-state index contributed by atoms with van der Waals surface area (Å²) in [6.07, 6.45) is 2.05. The van der Waals surface area contributed by atoms with Crippen LogP contribution in [0.1, 0.15) is 26.2 Å². The number of anilines is 1. The average Bonchev–Trinajstić information content (AvgIpc) is 2.31. The van der Waals surface area contributed by atoms with Crippen LogP contribution in [0.25, 0.3) is 0 Å². The van der Waals surface area contributed by atoms with Crippen LogP contribution in [0, 0.1) is 11.7 Å². The van der Waals surface area contributed by atoms with Crippen LogP contribution < -0.4 is 11.1 Å². The highest BCUT2D eigenvalue weighted by molar-refractivity contribution is 9.10. The van der Waals surface area contributed by atoms with E-state index in [-0.39, 0.29) is 10.9 Å². The van der Waals surface area contributed by atoms with E-state index in [9.17, 15) is 9.18 Å². The van der Waals surface area contributed by atoms with Crippen LogP contribution in [0.2, 0.25) is 5.02 Å². The Hall–Kier alpha value is -0.650. The Kier molecular flexibility index (Phi) is 6.75. The summed E-state index contributed by atoms with van der Waals surface area (Å²) in [5.41, 5.74) is 5.86. The Balaban J connectivity index is 2.58. The van der Waals surface area contributed by atoms with E-state index >= 15 is 0 Å². The Morgan fingerprint density at radius 1 is 1.53 bits per heavy atom. The lowest BCUT2D eigenvalue weighted by Crippen LogP contribution is -2.14. The summed E-state index contributed by atoms with van der Waals surface area (Å²) in [5, 5.41) is 2.86. The Morgan fingerprint density at radius 2 is 2.21 bits per heavy atom. The molecule has 106 valence electrons. The van der Waals surface area contributed by atoms with E-state index in [1.165, 1.54) is 12.1 Å². The van der Waals surface area contributed by atoms with Crippen LogP contribution in [-0.2, 0) is 4.79 Å². The number of nitrogens with one attached hydrogen (secondary N) is 1. The minimum Gasteiger partial charge on any atom is -0.330 e. The van der Waals surface area contributed by atoms with Gasteiger partial charge in [0.15, 0.2) is 0 Å². The molecule has 1 rings (SSSR count). The zero-order valence-corrected chi connectivity index (χ0v) is 13.0. The summed E-state index contributed by atoms with van der Waals surface area (Å²) in [7, 11) is 0. The average molecular weight is 352 g/mol. The van der Waals surface area contributed by atoms with Gasteiger partial charge in [0.2, 0.25) is 5.91 Å². The molecule has 0 aliphatic heterocycles. The minimum absolute atomic E-state index is 0.141. The van der Waals surface area contributed by atoms with Crippen molar-refractivity contribution in [2.45, 2.75) is 26.2 Å². The first-order valence-electron chi connectivity index (χ1n) is 6.08. The van der Waals surface area contributed by atoms with Crippen molar-refractivity contribution in [2.24, 2.45) is 11.7 Å². The fourth-order valence-electron chi connectivity index (χ4n) is 1.67. The van der Waals surface area contributed by atoms with Crippen LogP contribution in [0.5, 0.6) is 0 Å². The van der Waals surface area contributed by atoms with Gasteiger partial charge in [-0.1, -0.05) is 18.5 Å². The van der Waals surface area contributed by atoms with Crippen LogP contribution in [0.15, 0.2) is 16.6 Å². The summed E-state index contributed by atoms with van der Waals surface area (Å²) in [6.45, 7) is 2.68. The second-order valence-electron chi connectivity index (χ2n) is 4.51. The smallest absolute Gasteiger partial charge is 0.224 e. The highest BCUT2D eigenvalue weighted by Gasteiger charge is 2.12. The monoisotopic (exact) mass is 350 g/mol. The van der Waals surface area contributed by atoms with Crippen molar-refractivity contribution in [1.29, 1.82) is 0 Å². The van der Waals surface area contributed by atoms with Crippen molar-refractivity contribution in [3.63, 3.8) is 0 Å². The lowest BCUT2D eigenvalue weighted by atomic mass is 10.0. The zero-order chi connectivity index (χ0) is 14.4. The number of benzene rings is 1. The molecule has 0 heterocycles. The van der Waals surface area contributed by atoms with Crippen molar-refractivity contribution in [2.75, 3.05) is 11.9 Å². The number of carbonyl (C=O) groups is 1. The maximum atomic E-state index is 13.0. The number of hydrogen-bond acceptors (Lipinski definition) is 2. The molecular formula is C13H17BrClFN2O. The van der Waals surface area contributed by atoms with Crippen LogP contribution >= 0.6 is 27.5 Å². The second-order valence-corrected chi connectivity index (χ2v) is 5.78. The Labute approximate surface area is 125 Å². The molecule has 3 N–H and O–H groups in total. The van der Waals surface area contributed by atoms with Crippen molar-refractivity contribution < 1.29 is 9.18 Å². The Morgan fingerprint density at radius 3 is 2.79 bits per heavy atom. The minimum atomic E-state index is -0.452. The summed E-state index contributed by atoms with van der Waals surface area (Å²) in [4.78, 5) is 11.8. The van der Waals surface area contributed by atoms with Gasteiger partial charge < -0.3 is 11.1 Å². The maximum absolute atomic E-state index is 13.0. The SMILES string of the molecule is CC(CCN)CCC(=O)Nc1c(Cl)cc(F)cc1Br. The first-order valence-corrected chi connectivity index (χ1v) is 7.25. The first-order chi connectivity index (χ1) is 8.93. The predicted molar refractivity (Wildman–Crippen MR) is 79.8 cm³/mol. The highest BCUT2D eigenvalue weighted by atomic mass is 79.9. The molecule has 1 aromatic rings. The van der Waals surface area contributed by atoms with E-state index in [1.54, 1.807) is 0 Å². The molecule has 0 fully saturated rings. The van der Waals surface area contributed by atoms with Gasteiger partial charge in [-0.2, -0.15) is 0 Å². The first kappa shape index (κ1) is 16.4. The number of nitrogens with two attached hydrogens (primary N) is 1. The van der Waals surface area contributed by atoms with Crippen LogP contribution in [0.3, 0.4) is 0 Å². The van der Waals surface area contributed by atoms with Crippen molar-refractivity contribution >= 4 is 39.1 Å². The molecule has 0 aromatic heterocycles. The standard InChI is InChI=1S/C13H17BrClFN2O/c1-8(4-5-17)2-3-12(19)18-13-10(14)6-9(16)7-11(13)15/h6-8H,2-5,17H2,1H3,(H,18,19). The Bertz CT molecular complexity index is 433. The molecule has 19 heavy (non-hydrogen) atoms. The number of rotatable bonds is 6. The molecule has 3 nitrogen and oxygen atoms in total. The molecule has 0 saturated heterocycles. The quantitative estimate of drug-likeness (QED) is 0.815. The third kappa shape index (κ3) is 5.47. The molecule has 1 aromatic carbocycles. The lowest BCUT2D eigenvalue weighted by Gasteiger charge is -2.12. The van der Waals surface area contributed by atoms with Gasteiger partial charge in [-0.25, -0.2) is 4.39 Å². The normalized spacial score (nSPS) is 12.3. The molecule has 0 saturated carbocycles. The van der Waals surface area contributed by atoms with Gasteiger partial charge in [-0.3, -0.25) is 4.79 Å². The van der Waals surface area contributed by atoms with Gasteiger partial charge in [0.05, 0.1) is 10.7 Å². The number of halogens is 3. The van der Waals surface area contributed by atoms with Gasteiger partial charge in [-0.15, -0.1) is 0 Å². The topological polar surface area (TPSA) is 55.1 Å². The summed E-state index contributed by atoms with van der Waals surface area (Å²) in [5.74, 6) is -0.188. The largest absolute Gasteiger partial charge is 0.330 e. The van der Waals surface area contributed by atoms with Gasteiger partial charge >= 0.3 is 0 Å². The van der Waals surface area contributed by atoms with E-state index in [0.717, 1.165) is 12.8 Å². The lowest BCUT2D eigenvalue weighted by molar-refractivity contribution is -0.116. The van der Waals surface area contributed by atoms with Gasteiger partial charge in [0.1, 0.15) is 5.82 Å². The molecule has 0 aliphatic rings. The fraction of sp³-hybridized carbons (Fsp3) is 0.462. The van der Waals surface area contributed by atoms with E-state index in [0.29, 0.717) is 29.0 Å². The molecule has 0 bridgehead atoms. The molecule has 1 unspecified atom stereocenters. The summed E-state index contributed by atoms with van der Waals surface area (Å²) in [6, 6.07) is 2.43. The molecule has 0 aliphatic carbocycles. The van der Waals surface area contributed by atoms with Gasteiger partial charge in [0, 0.05) is 10.9 Å². The number of hydrogen-bond donors (Lipinski definition) is 2. The fourth-order valence-corrected chi connectivity index (χ4v) is 2.57. The maximum Gasteiger partial charge on any atom is 0.224 e. The van der Waals surface area contributed by atoms with E-state index in [4.69, 9.17) is 17.3 Å². The molecule has 0 radical (unpaired) electrons. The van der Waals surface area contributed by atoms with E-state index < -0.39 is 5.82 Å². The molecule has 0 spiro atoms.